The van der Waals surface area contributed by atoms with Crippen molar-refractivity contribution in [2.45, 2.75) is 20.3 Å². The van der Waals surface area contributed by atoms with Crippen molar-refractivity contribution in [1.82, 2.24) is 0 Å². The van der Waals surface area contributed by atoms with E-state index in [1.165, 1.54) is 0 Å². The first-order chi connectivity index (χ1) is 7.67. The first kappa shape index (κ1) is 13.0. The zero-order chi connectivity index (χ0) is 12.0. The third-order valence-electron chi connectivity index (χ3n) is 1.71. The van der Waals surface area contributed by atoms with Crippen LogP contribution in [0.5, 0.6) is 0 Å². The largest absolute Gasteiger partial charge is 0.466 e. The maximum Gasteiger partial charge on any atom is 0.311 e. The van der Waals surface area contributed by atoms with Crippen LogP contribution >= 0.6 is 0 Å². The molecule has 1 heterocycles. The van der Waals surface area contributed by atoms with Gasteiger partial charge in [0.05, 0.1) is 25.4 Å². The Hall–Kier alpha value is -1.08. The number of nitrogens with zero attached hydrogens (tertiary/aromatic N) is 2. The summed E-state index contributed by atoms with van der Waals surface area (Å²) < 4.78 is 8.67. The molecule has 0 aromatic carbocycles. The van der Waals surface area contributed by atoms with Crippen LogP contribution in [0.15, 0.2) is 9.52 Å². The number of carbonyl (C=O) groups excluding carboxylic acids is 1. The van der Waals surface area contributed by atoms with E-state index in [1.807, 2.05) is 6.92 Å². The van der Waals surface area contributed by atoms with Crippen LogP contribution in [0.4, 0.5) is 0 Å². The standard InChI is InChI=1S/C9H15N3O3S/c1-3-14-8(13)5-7-6-16(9(10)11-7)12-15-4-2/h10H,3-6H2,1-2H3. The van der Waals surface area contributed by atoms with Crippen LogP contribution < -0.4 is 0 Å². The van der Waals surface area contributed by atoms with Crippen molar-refractivity contribution in [2.75, 3.05) is 19.0 Å². The van der Waals surface area contributed by atoms with Crippen molar-refractivity contribution >= 4 is 27.5 Å². The topological polar surface area (TPSA) is 84.1 Å². The summed E-state index contributed by atoms with van der Waals surface area (Å²) >= 11 is 0. The normalized spacial score (nSPS) is 20.0. The fourth-order valence-electron chi connectivity index (χ4n) is 1.10. The molecule has 1 aliphatic rings. The van der Waals surface area contributed by atoms with E-state index in [9.17, 15) is 4.79 Å². The lowest BCUT2D eigenvalue weighted by Crippen LogP contribution is -2.13. The van der Waals surface area contributed by atoms with Crippen LogP contribution in [0.3, 0.4) is 0 Å². The summed E-state index contributed by atoms with van der Waals surface area (Å²) in [7, 11) is -0.648. The number of aliphatic imine (C=N–C) groups is 1. The fourth-order valence-corrected chi connectivity index (χ4v) is 2.31. The molecule has 1 aliphatic heterocycles. The average Bonchev–Trinajstić information content (AvgIpc) is 2.56. The van der Waals surface area contributed by atoms with Gasteiger partial charge in [0.25, 0.3) is 0 Å². The molecular formula is C9H15N3O3S. The molecule has 1 rings (SSSR count). The zero-order valence-corrected chi connectivity index (χ0v) is 10.2. The molecule has 1 N–H and O–H groups in total. The van der Waals surface area contributed by atoms with Gasteiger partial charge in [-0.15, -0.1) is 4.53 Å². The van der Waals surface area contributed by atoms with Crippen LogP contribution in [0.1, 0.15) is 20.3 Å². The SMILES string of the molecule is CCON=S1CC(CC(=O)OCC)=NC1=N. The smallest absolute Gasteiger partial charge is 0.311 e. The van der Waals surface area contributed by atoms with Crippen molar-refractivity contribution in [3.8, 4) is 0 Å². The number of esters is 1. The summed E-state index contributed by atoms with van der Waals surface area (Å²) in [4.78, 5) is 20.1. The molecule has 16 heavy (non-hydrogen) atoms. The van der Waals surface area contributed by atoms with Gasteiger partial charge in [0.1, 0.15) is 0 Å². The van der Waals surface area contributed by atoms with E-state index in [1.54, 1.807) is 6.92 Å². The zero-order valence-electron chi connectivity index (χ0n) is 9.36. The summed E-state index contributed by atoms with van der Waals surface area (Å²) in [6.45, 7) is 4.42. The van der Waals surface area contributed by atoms with Gasteiger partial charge in [0.15, 0.2) is 5.17 Å². The Morgan fingerprint density at radius 1 is 1.56 bits per heavy atom. The van der Waals surface area contributed by atoms with Gasteiger partial charge in [0, 0.05) is 16.4 Å². The van der Waals surface area contributed by atoms with Gasteiger partial charge in [-0.1, -0.05) is 0 Å². The molecule has 0 saturated heterocycles. The summed E-state index contributed by atoms with van der Waals surface area (Å²) in [5, 5.41) is 7.73. The highest BCUT2D eigenvalue weighted by Gasteiger charge is 2.20. The first-order valence-corrected chi connectivity index (χ1v) is 6.37. The second-order valence-corrected chi connectivity index (χ2v) is 4.52. The number of rotatable bonds is 5. The molecular weight excluding hydrogens is 230 g/mol. The van der Waals surface area contributed by atoms with Gasteiger partial charge in [-0.05, 0) is 13.8 Å². The molecule has 0 radical (unpaired) electrons. The number of carbonyl (C=O) groups is 1. The molecule has 0 aliphatic carbocycles. The Labute approximate surface area is 96.6 Å². The van der Waals surface area contributed by atoms with Gasteiger partial charge >= 0.3 is 5.97 Å². The number of ether oxygens (including phenoxy) is 1. The minimum atomic E-state index is -0.648. The van der Waals surface area contributed by atoms with E-state index in [2.05, 4.69) is 9.52 Å². The molecule has 7 heteroatoms. The van der Waals surface area contributed by atoms with Gasteiger partial charge < -0.3 is 4.74 Å². The molecule has 0 bridgehead atoms. The highest BCUT2D eigenvalue weighted by molar-refractivity contribution is 8.03. The Balaban J connectivity index is 2.51. The van der Waals surface area contributed by atoms with Crippen molar-refractivity contribution in [3.05, 3.63) is 0 Å². The second-order valence-electron chi connectivity index (χ2n) is 2.97. The molecule has 0 fully saturated rings. The summed E-state index contributed by atoms with van der Waals surface area (Å²) in [5.41, 5.74) is 0.648. The Kier molecular flexibility index (Phi) is 5.27. The van der Waals surface area contributed by atoms with Crippen LogP contribution in [0.2, 0.25) is 0 Å². The van der Waals surface area contributed by atoms with Crippen molar-refractivity contribution in [3.63, 3.8) is 0 Å². The van der Waals surface area contributed by atoms with Crippen LogP contribution in [-0.4, -0.2) is 35.8 Å². The highest BCUT2D eigenvalue weighted by atomic mass is 32.2. The second kappa shape index (κ2) is 6.49. The maximum absolute atomic E-state index is 11.2. The summed E-state index contributed by atoms with van der Waals surface area (Å²) in [5.74, 6) is 0.188. The van der Waals surface area contributed by atoms with Crippen LogP contribution in [0, 0.1) is 5.41 Å². The quantitative estimate of drug-likeness (QED) is 0.581. The van der Waals surface area contributed by atoms with E-state index in [0.717, 1.165) is 0 Å². The maximum atomic E-state index is 11.2. The lowest BCUT2D eigenvalue weighted by atomic mass is 10.3. The molecule has 0 saturated carbocycles. The molecule has 0 aromatic heterocycles. The van der Waals surface area contributed by atoms with E-state index in [-0.39, 0.29) is 17.6 Å². The molecule has 0 aromatic rings. The minimum Gasteiger partial charge on any atom is -0.466 e. The predicted molar refractivity (Wildman–Crippen MR) is 62.7 cm³/mol. The van der Waals surface area contributed by atoms with Crippen molar-refractivity contribution < 1.29 is 14.4 Å². The third kappa shape index (κ3) is 3.82. The van der Waals surface area contributed by atoms with Crippen molar-refractivity contribution in [1.29, 1.82) is 5.41 Å². The molecule has 1 atom stereocenters. The highest BCUT2D eigenvalue weighted by Crippen LogP contribution is 2.08. The molecule has 6 nitrogen and oxygen atoms in total. The van der Waals surface area contributed by atoms with Crippen molar-refractivity contribution in [2.24, 2.45) is 9.52 Å². The molecule has 1 unspecified atom stereocenters. The van der Waals surface area contributed by atoms with E-state index in [0.29, 0.717) is 24.7 Å². The summed E-state index contributed by atoms with van der Waals surface area (Å²) in [6.07, 6.45) is 0.140. The van der Waals surface area contributed by atoms with Gasteiger partial charge in [-0.25, -0.2) is 9.83 Å². The molecule has 90 valence electrons. The predicted octanol–water partition coefficient (Wildman–Crippen LogP) is 1.08. The lowest BCUT2D eigenvalue weighted by molar-refractivity contribution is -0.141. The Morgan fingerprint density at radius 2 is 2.31 bits per heavy atom. The van der Waals surface area contributed by atoms with Gasteiger partial charge in [0.2, 0.25) is 0 Å². The van der Waals surface area contributed by atoms with E-state index < -0.39 is 10.7 Å². The van der Waals surface area contributed by atoms with Crippen LogP contribution in [0.25, 0.3) is 0 Å². The Bertz CT molecular complexity index is 352. The first-order valence-electron chi connectivity index (χ1n) is 5.02. The van der Waals surface area contributed by atoms with E-state index >= 15 is 0 Å². The van der Waals surface area contributed by atoms with E-state index in [4.69, 9.17) is 15.0 Å². The average molecular weight is 245 g/mol. The number of nitrogens with one attached hydrogen (secondary N) is 1. The van der Waals surface area contributed by atoms with Crippen LogP contribution in [-0.2, 0) is 25.1 Å². The molecule has 0 spiro atoms. The summed E-state index contributed by atoms with van der Waals surface area (Å²) in [6, 6.07) is 0. The monoisotopic (exact) mass is 245 g/mol. The number of hydrogen-bond donors (Lipinski definition) is 1. The van der Waals surface area contributed by atoms with Gasteiger partial charge in [-0.2, -0.15) is 0 Å². The minimum absolute atomic E-state index is 0.140. The number of amidine groups is 1. The van der Waals surface area contributed by atoms with Gasteiger partial charge in [-0.3, -0.25) is 10.2 Å². The third-order valence-corrected chi connectivity index (χ3v) is 3.14. The number of hydrogen-bond acceptors (Lipinski definition) is 5. The molecule has 0 amide bonds. The fraction of sp³-hybridized carbons (Fsp3) is 0.667. The Morgan fingerprint density at radius 3 is 2.94 bits per heavy atom. The lowest BCUT2D eigenvalue weighted by Gasteiger charge is -2.00.